The van der Waals surface area contributed by atoms with E-state index in [-0.39, 0.29) is 12.2 Å². The molecule has 2 atom stereocenters. The number of carbonyl (C=O) groups excluding carboxylic acids is 1. The third kappa shape index (κ3) is 6.40. The summed E-state index contributed by atoms with van der Waals surface area (Å²) >= 11 is 0. The van der Waals surface area contributed by atoms with Crippen LogP contribution in [0.1, 0.15) is 71.1 Å². The molecule has 2 aliphatic rings. The number of hydrogen-bond acceptors (Lipinski definition) is 4. The van der Waals surface area contributed by atoms with Crippen molar-refractivity contribution in [3.63, 3.8) is 0 Å². The molecular weight excluding hydrogens is 352 g/mol. The van der Waals surface area contributed by atoms with E-state index in [0.717, 1.165) is 50.2 Å². The van der Waals surface area contributed by atoms with Gasteiger partial charge in [0.15, 0.2) is 0 Å². The summed E-state index contributed by atoms with van der Waals surface area (Å²) in [7, 11) is 0. The van der Waals surface area contributed by atoms with E-state index >= 15 is 0 Å². The first-order valence-corrected chi connectivity index (χ1v) is 11.2. The van der Waals surface area contributed by atoms with E-state index < -0.39 is 0 Å². The van der Waals surface area contributed by atoms with Crippen LogP contribution in [0.4, 0.5) is 10.5 Å². The zero-order valence-electron chi connectivity index (χ0n) is 17.3. The minimum Gasteiger partial charge on any atom is -0.494 e. The number of rotatable bonds is 9. The normalized spacial score (nSPS) is 22.8. The highest BCUT2D eigenvalue weighted by Gasteiger charge is 2.34. The Morgan fingerprint density at radius 1 is 1.11 bits per heavy atom. The van der Waals surface area contributed by atoms with E-state index in [1.807, 2.05) is 24.3 Å². The van der Waals surface area contributed by atoms with E-state index in [1.165, 1.54) is 38.5 Å². The Hall–Kier alpha value is -1.75. The number of carbonyl (C=O) groups is 1. The molecule has 1 aromatic carbocycles. The average molecular weight is 389 g/mol. The number of hydrogen-bond donors (Lipinski definition) is 1. The quantitative estimate of drug-likeness (QED) is 0.559. The molecule has 1 aliphatic carbocycles. The van der Waals surface area contributed by atoms with Gasteiger partial charge in [0, 0.05) is 17.8 Å². The highest BCUT2D eigenvalue weighted by molar-refractivity contribution is 5.85. The van der Waals surface area contributed by atoms with Crippen molar-refractivity contribution in [2.24, 2.45) is 0 Å². The first-order chi connectivity index (χ1) is 13.8. The predicted octanol–water partition coefficient (Wildman–Crippen LogP) is 5.60. The standard InChI is InChI=1S/C23H36N2O3/c1-2-3-4-9-17-27-20-12-10-11-19(18-20)24-23(26)28-22-14-6-5-13-21(22)25-15-7-8-16-25/h10-12,18,21-22H,2-9,13-17H2,1H3,(H,24,26). The van der Waals surface area contributed by atoms with Gasteiger partial charge in [0.2, 0.25) is 0 Å². The smallest absolute Gasteiger partial charge is 0.411 e. The van der Waals surface area contributed by atoms with Crippen LogP contribution >= 0.6 is 0 Å². The average Bonchev–Trinajstić information content (AvgIpc) is 3.23. The molecule has 1 saturated carbocycles. The van der Waals surface area contributed by atoms with E-state index in [4.69, 9.17) is 9.47 Å². The second kappa shape index (κ2) is 11.3. The maximum absolute atomic E-state index is 12.5. The largest absolute Gasteiger partial charge is 0.494 e. The van der Waals surface area contributed by atoms with Crippen molar-refractivity contribution in [2.75, 3.05) is 25.0 Å². The molecule has 1 aliphatic heterocycles. The van der Waals surface area contributed by atoms with Crippen LogP contribution < -0.4 is 10.1 Å². The lowest BCUT2D eigenvalue weighted by Crippen LogP contribution is -2.46. The molecule has 5 heteroatoms. The summed E-state index contributed by atoms with van der Waals surface area (Å²) in [6.07, 6.45) is 11.4. The van der Waals surface area contributed by atoms with Gasteiger partial charge >= 0.3 is 6.09 Å². The van der Waals surface area contributed by atoms with Crippen LogP contribution in [0, 0.1) is 0 Å². The third-order valence-corrected chi connectivity index (χ3v) is 5.88. The molecule has 0 aromatic heterocycles. The SMILES string of the molecule is CCCCCCOc1cccc(NC(=O)OC2CCCCC2N2CCCC2)c1. The van der Waals surface area contributed by atoms with Gasteiger partial charge < -0.3 is 9.47 Å². The van der Waals surface area contributed by atoms with Crippen molar-refractivity contribution in [3.8, 4) is 5.75 Å². The van der Waals surface area contributed by atoms with Gasteiger partial charge in [0.1, 0.15) is 11.9 Å². The second-order valence-corrected chi connectivity index (χ2v) is 8.10. The maximum atomic E-state index is 12.5. The Bertz CT molecular complexity index is 601. The Morgan fingerprint density at radius 3 is 2.75 bits per heavy atom. The number of unbranched alkanes of at least 4 members (excludes halogenated alkanes) is 3. The fraction of sp³-hybridized carbons (Fsp3) is 0.696. The lowest BCUT2D eigenvalue weighted by Gasteiger charge is -2.37. The molecule has 0 radical (unpaired) electrons. The fourth-order valence-corrected chi connectivity index (χ4v) is 4.37. The van der Waals surface area contributed by atoms with Crippen LogP contribution in [0.5, 0.6) is 5.75 Å². The molecule has 3 rings (SSSR count). The molecule has 1 N–H and O–H groups in total. The van der Waals surface area contributed by atoms with Gasteiger partial charge in [-0.1, -0.05) is 38.7 Å². The Labute approximate surface area is 169 Å². The highest BCUT2D eigenvalue weighted by Crippen LogP contribution is 2.28. The lowest BCUT2D eigenvalue weighted by molar-refractivity contribution is 0.0176. The van der Waals surface area contributed by atoms with Crippen LogP contribution in [-0.2, 0) is 4.74 Å². The van der Waals surface area contributed by atoms with Crippen molar-refractivity contribution in [1.29, 1.82) is 0 Å². The summed E-state index contributed by atoms with van der Waals surface area (Å²) in [6.45, 7) is 5.21. The van der Waals surface area contributed by atoms with Crippen molar-refractivity contribution >= 4 is 11.8 Å². The van der Waals surface area contributed by atoms with Crippen LogP contribution in [0.2, 0.25) is 0 Å². The van der Waals surface area contributed by atoms with Gasteiger partial charge in [-0.25, -0.2) is 4.79 Å². The van der Waals surface area contributed by atoms with Crippen LogP contribution in [-0.4, -0.2) is 42.8 Å². The van der Waals surface area contributed by atoms with Gasteiger partial charge in [-0.15, -0.1) is 0 Å². The summed E-state index contributed by atoms with van der Waals surface area (Å²) < 4.78 is 11.7. The molecule has 2 fully saturated rings. The molecule has 5 nitrogen and oxygen atoms in total. The van der Waals surface area contributed by atoms with Gasteiger partial charge in [-0.3, -0.25) is 10.2 Å². The molecule has 1 heterocycles. The van der Waals surface area contributed by atoms with Gasteiger partial charge in [-0.2, -0.15) is 0 Å². The molecule has 1 amide bonds. The Balaban J connectivity index is 1.47. The van der Waals surface area contributed by atoms with Crippen molar-refractivity contribution in [1.82, 2.24) is 4.90 Å². The van der Waals surface area contributed by atoms with Crippen LogP contribution in [0.15, 0.2) is 24.3 Å². The molecule has 156 valence electrons. The minimum atomic E-state index is -0.351. The van der Waals surface area contributed by atoms with Crippen LogP contribution in [0.25, 0.3) is 0 Å². The zero-order valence-corrected chi connectivity index (χ0v) is 17.3. The summed E-state index contributed by atoms with van der Waals surface area (Å²) in [4.78, 5) is 15.0. The number of likely N-dealkylation sites (tertiary alicyclic amines) is 1. The van der Waals surface area contributed by atoms with Crippen molar-refractivity contribution < 1.29 is 14.3 Å². The summed E-state index contributed by atoms with van der Waals surface area (Å²) in [6, 6.07) is 7.98. The van der Waals surface area contributed by atoms with E-state index in [0.29, 0.717) is 12.6 Å². The maximum Gasteiger partial charge on any atom is 0.411 e. The molecular formula is C23H36N2O3. The van der Waals surface area contributed by atoms with Gasteiger partial charge in [0.05, 0.1) is 6.61 Å². The van der Waals surface area contributed by atoms with E-state index in [9.17, 15) is 4.79 Å². The predicted molar refractivity (Wildman–Crippen MR) is 113 cm³/mol. The van der Waals surface area contributed by atoms with E-state index in [2.05, 4.69) is 17.1 Å². The van der Waals surface area contributed by atoms with Gasteiger partial charge in [0.25, 0.3) is 0 Å². The number of amides is 1. The molecule has 2 unspecified atom stereocenters. The van der Waals surface area contributed by atoms with Crippen molar-refractivity contribution in [3.05, 3.63) is 24.3 Å². The second-order valence-electron chi connectivity index (χ2n) is 8.10. The number of benzene rings is 1. The first-order valence-electron chi connectivity index (χ1n) is 11.2. The molecule has 0 spiro atoms. The number of anilines is 1. The first kappa shape index (κ1) is 21.0. The van der Waals surface area contributed by atoms with Gasteiger partial charge in [-0.05, 0) is 63.7 Å². The Kier molecular flexibility index (Phi) is 8.46. The number of nitrogens with one attached hydrogen (secondary N) is 1. The molecule has 1 saturated heterocycles. The Morgan fingerprint density at radius 2 is 1.93 bits per heavy atom. The monoisotopic (exact) mass is 388 g/mol. The third-order valence-electron chi connectivity index (χ3n) is 5.88. The topological polar surface area (TPSA) is 50.8 Å². The van der Waals surface area contributed by atoms with Crippen LogP contribution in [0.3, 0.4) is 0 Å². The van der Waals surface area contributed by atoms with Crippen molar-refractivity contribution in [2.45, 2.75) is 83.3 Å². The summed E-state index contributed by atoms with van der Waals surface area (Å²) in [5.74, 6) is 0.793. The molecule has 1 aromatic rings. The number of ether oxygens (including phenoxy) is 2. The fourth-order valence-electron chi connectivity index (χ4n) is 4.37. The summed E-state index contributed by atoms with van der Waals surface area (Å²) in [5.41, 5.74) is 0.726. The minimum absolute atomic E-state index is 0.00449. The van der Waals surface area contributed by atoms with E-state index in [1.54, 1.807) is 0 Å². The molecule has 28 heavy (non-hydrogen) atoms. The highest BCUT2D eigenvalue weighted by atomic mass is 16.6. The summed E-state index contributed by atoms with van der Waals surface area (Å²) in [5, 5.41) is 2.89. The molecule has 0 bridgehead atoms. The lowest BCUT2D eigenvalue weighted by atomic mass is 9.91. The zero-order chi connectivity index (χ0) is 19.6. The number of nitrogens with zero attached hydrogens (tertiary/aromatic N) is 1.